The van der Waals surface area contributed by atoms with E-state index in [2.05, 4.69) is 64.3 Å². The summed E-state index contributed by atoms with van der Waals surface area (Å²) in [5.41, 5.74) is 4.96. The second-order valence-electron chi connectivity index (χ2n) is 6.87. The van der Waals surface area contributed by atoms with E-state index in [4.69, 9.17) is 0 Å². The molecule has 3 nitrogen and oxygen atoms in total. The van der Waals surface area contributed by atoms with Crippen LogP contribution in [-0.4, -0.2) is 9.55 Å². The first kappa shape index (κ1) is 17.4. The van der Waals surface area contributed by atoms with Crippen molar-refractivity contribution < 1.29 is 0 Å². The van der Waals surface area contributed by atoms with Crippen molar-refractivity contribution >= 4 is 44.1 Å². The van der Waals surface area contributed by atoms with Crippen molar-refractivity contribution in [1.29, 1.82) is 5.26 Å². The van der Waals surface area contributed by atoms with E-state index in [9.17, 15) is 5.26 Å². The van der Waals surface area contributed by atoms with Crippen LogP contribution in [0.2, 0.25) is 0 Å². The van der Waals surface area contributed by atoms with Gasteiger partial charge in [0.2, 0.25) is 0 Å². The highest BCUT2D eigenvalue weighted by Gasteiger charge is 2.12. The summed E-state index contributed by atoms with van der Waals surface area (Å²) >= 11 is 1.56. The van der Waals surface area contributed by atoms with Gasteiger partial charge in [-0.1, -0.05) is 60.7 Å². The Hall–Kier alpha value is -3.68. The van der Waals surface area contributed by atoms with E-state index in [1.165, 1.54) is 5.56 Å². The van der Waals surface area contributed by atoms with Crippen LogP contribution in [0.25, 0.3) is 32.8 Å². The third-order valence-electron chi connectivity index (χ3n) is 4.96. The third-order valence-corrected chi connectivity index (χ3v) is 6.03. The number of hydrogen-bond acceptors (Lipinski definition) is 3. The van der Waals surface area contributed by atoms with Crippen molar-refractivity contribution in [2.75, 3.05) is 0 Å². The smallest absolute Gasteiger partial charge is 0.135 e. The average Bonchev–Trinajstić information content (AvgIpc) is 3.34. The molecule has 5 aromatic rings. The molecule has 3 aromatic carbocycles. The van der Waals surface area contributed by atoms with Gasteiger partial charge in [0, 0.05) is 29.2 Å². The standard InChI is InChI=1S/C25H17N3S/c26-15-19(25-27-22-11-5-7-13-24(22)29-25)14-20-17-28(16-18-8-2-1-3-9-18)23-12-6-4-10-21(20)23/h1-14,17H,16H2/b19-14+. The van der Waals surface area contributed by atoms with Gasteiger partial charge in [0.05, 0.1) is 15.8 Å². The number of allylic oxidation sites excluding steroid dienone is 1. The molecule has 0 aliphatic carbocycles. The molecule has 0 unspecified atom stereocenters. The Kier molecular flexibility index (Phi) is 4.44. The number of aromatic nitrogens is 2. The first-order chi connectivity index (χ1) is 14.3. The van der Waals surface area contributed by atoms with Crippen LogP contribution in [0.3, 0.4) is 0 Å². The SMILES string of the molecule is N#C/C(=C\c1cn(Cc2ccccc2)c2ccccc12)c1nc2ccccc2s1. The summed E-state index contributed by atoms with van der Waals surface area (Å²) in [6, 6.07) is 29.1. The number of hydrogen-bond donors (Lipinski definition) is 0. The Balaban J connectivity index is 1.61. The zero-order valence-electron chi connectivity index (χ0n) is 15.6. The minimum Gasteiger partial charge on any atom is -0.342 e. The number of fused-ring (bicyclic) bond motifs is 2. The van der Waals surface area contributed by atoms with E-state index in [0.717, 1.165) is 38.2 Å². The van der Waals surface area contributed by atoms with E-state index in [1.807, 2.05) is 42.5 Å². The number of rotatable bonds is 4. The lowest BCUT2D eigenvalue weighted by Crippen LogP contribution is -1.97. The van der Waals surface area contributed by atoms with Gasteiger partial charge in [-0.2, -0.15) is 5.26 Å². The lowest BCUT2D eigenvalue weighted by molar-refractivity contribution is 0.836. The third kappa shape index (κ3) is 3.33. The van der Waals surface area contributed by atoms with E-state index >= 15 is 0 Å². The molecule has 0 amide bonds. The normalized spacial score (nSPS) is 11.8. The molecule has 0 spiro atoms. The largest absolute Gasteiger partial charge is 0.342 e. The summed E-state index contributed by atoms with van der Waals surface area (Å²) in [6.07, 6.45) is 4.09. The van der Waals surface area contributed by atoms with Gasteiger partial charge in [-0.3, -0.25) is 0 Å². The lowest BCUT2D eigenvalue weighted by atomic mass is 10.1. The highest BCUT2D eigenvalue weighted by Crippen LogP contribution is 2.30. The molecule has 138 valence electrons. The van der Waals surface area contributed by atoms with Gasteiger partial charge >= 0.3 is 0 Å². The van der Waals surface area contributed by atoms with E-state index in [1.54, 1.807) is 11.3 Å². The maximum atomic E-state index is 9.82. The average molecular weight is 391 g/mol. The van der Waals surface area contributed by atoms with Crippen LogP contribution >= 0.6 is 11.3 Å². The fourth-order valence-electron chi connectivity index (χ4n) is 3.59. The quantitative estimate of drug-likeness (QED) is 0.334. The molecule has 0 saturated carbocycles. The van der Waals surface area contributed by atoms with Gasteiger partial charge in [0.25, 0.3) is 0 Å². The summed E-state index contributed by atoms with van der Waals surface area (Å²) in [7, 11) is 0. The molecule has 0 bridgehead atoms. The predicted octanol–water partition coefficient (Wildman–Crippen LogP) is 6.36. The Bertz CT molecular complexity index is 1350. The monoisotopic (exact) mass is 391 g/mol. The van der Waals surface area contributed by atoms with Crippen LogP contribution in [-0.2, 0) is 6.54 Å². The minimum atomic E-state index is 0.591. The molecule has 5 rings (SSSR count). The highest BCUT2D eigenvalue weighted by molar-refractivity contribution is 7.19. The van der Waals surface area contributed by atoms with Gasteiger partial charge in [0.15, 0.2) is 0 Å². The second-order valence-corrected chi connectivity index (χ2v) is 7.90. The fraction of sp³-hybridized carbons (Fsp3) is 0.0400. The summed E-state index contributed by atoms with van der Waals surface area (Å²) in [5, 5.41) is 11.7. The van der Waals surface area contributed by atoms with Crippen LogP contribution in [0.4, 0.5) is 0 Å². The van der Waals surface area contributed by atoms with Gasteiger partial charge in [-0.25, -0.2) is 4.98 Å². The Morgan fingerprint density at radius 2 is 1.72 bits per heavy atom. The molecule has 2 heterocycles. The first-order valence-electron chi connectivity index (χ1n) is 9.41. The molecule has 0 aliphatic heterocycles. The Labute approximate surface area is 172 Å². The molecule has 0 atom stereocenters. The molecule has 29 heavy (non-hydrogen) atoms. The molecule has 0 fully saturated rings. The van der Waals surface area contributed by atoms with Gasteiger partial charge in [-0.15, -0.1) is 11.3 Å². The van der Waals surface area contributed by atoms with Crippen LogP contribution in [0.1, 0.15) is 16.1 Å². The summed E-state index contributed by atoms with van der Waals surface area (Å²) in [4.78, 5) is 4.66. The fourth-order valence-corrected chi connectivity index (χ4v) is 4.52. The van der Waals surface area contributed by atoms with Crippen LogP contribution in [0.5, 0.6) is 0 Å². The number of benzene rings is 3. The second kappa shape index (κ2) is 7.38. The van der Waals surface area contributed by atoms with Crippen LogP contribution in [0, 0.1) is 11.3 Å². The Morgan fingerprint density at radius 3 is 2.55 bits per heavy atom. The number of nitrogens with zero attached hydrogens (tertiary/aromatic N) is 3. The molecule has 0 saturated heterocycles. The zero-order chi connectivity index (χ0) is 19.6. The van der Waals surface area contributed by atoms with E-state index < -0.39 is 0 Å². The summed E-state index contributed by atoms with van der Waals surface area (Å²) in [6.45, 7) is 0.790. The molecule has 0 radical (unpaired) electrons. The van der Waals surface area contributed by atoms with Crippen molar-refractivity contribution in [2.45, 2.75) is 6.54 Å². The number of thiazole rings is 1. The van der Waals surface area contributed by atoms with Crippen molar-refractivity contribution in [1.82, 2.24) is 9.55 Å². The van der Waals surface area contributed by atoms with Gasteiger partial charge < -0.3 is 4.57 Å². The Morgan fingerprint density at radius 1 is 0.966 bits per heavy atom. The topological polar surface area (TPSA) is 41.6 Å². The van der Waals surface area contributed by atoms with Crippen molar-refractivity contribution in [3.05, 3.63) is 101 Å². The number of nitriles is 1. The number of para-hydroxylation sites is 2. The maximum absolute atomic E-state index is 9.82. The van der Waals surface area contributed by atoms with Crippen molar-refractivity contribution in [2.24, 2.45) is 0 Å². The molecule has 0 N–H and O–H groups in total. The lowest BCUT2D eigenvalue weighted by Gasteiger charge is -2.05. The predicted molar refractivity (Wildman–Crippen MR) is 121 cm³/mol. The molecular formula is C25H17N3S. The van der Waals surface area contributed by atoms with E-state index in [-0.39, 0.29) is 0 Å². The van der Waals surface area contributed by atoms with E-state index in [0.29, 0.717) is 5.57 Å². The van der Waals surface area contributed by atoms with Gasteiger partial charge in [-0.05, 0) is 29.8 Å². The molecule has 2 aromatic heterocycles. The molecule has 0 aliphatic rings. The summed E-state index contributed by atoms with van der Waals surface area (Å²) < 4.78 is 3.33. The first-order valence-corrected chi connectivity index (χ1v) is 10.2. The van der Waals surface area contributed by atoms with Gasteiger partial charge in [0.1, 0.15) is 11.1 Å². The highest BCUT2D eigenvalue weighted by atomic mass is 32.1. The molecule has 4 heteroatoms. The zero-order valence-corrected chi connectivity index (χ0v) is 16.4. The van der Waals surface area contributed by atoms with Crippen LogP contribution in [0.15, 0.2) is 85.1 Å². The maximum Gasteiger partial charge on any atom is 0.135 e. The van der Waals surface area contributed by atoms with Crippen LogP contribution < -0.4 is 0 Å². The summed E-state index contributed by atoms with van der Waals surface area (Å²) in [5.74, 6) is 0. The molecular weight excluding hydrogens is 374 g/mol. The van der Waals surface area contributed by atoms with Crippen molar-refractivity contribution in [3.8, 4) is 6.07 Å². The van der Waals surface area contributed by atoms with Crippen molar-refractivity contribution in [3.63, 3.8) is 0 Å². The minimum absolute atomic E-state index is 0.591.